The molecule has 0 saturated carbocycles. The van der Waals surface area contributed by atoms with Crippen LogP contribution in [0.4, 0.5) is 0 Å². The first-order chi connectivity index (χ1) is 5.84. The molecule has 0 aliphatic heterocycles. The van der Waals surface area contributed by atoms with Crippen LogP contribution in [0.1, 0.15) is 6.42 Å². The molecule has 0 aromatic heterocycles. The van der Waals surface area contributed by atoms with Gasteiger partial charge in [-0.3, -0.25) is 4.90 Å². The number of hydrogen-bond donors (Lipinski definition) is 1. The fraction of sp³-hybridized carbons (Fsp3) is 0.750. The van der Waals surface area contributed by atoms with Crippen molar-refractivity contribution in [2.75, 3.05) is 20.6 Å². The van der Waals surface area contributed by atoms with Crippen LogP contribution in [-0.4, -0.2) is 40.5 Å². The summed E-state index contributed by atoms with van der Waals surface area (Å²) in [6, 6.07) is 0. The van der Waals surface area contributed by atoms with Crippen LogP contribution in [-0.2, 0) is 0 Å². The maximum Gasteiger partial charge on any atom is 0.216 e. The third-order valence-corrected chi connectivity index (χ3v) is 1.95. The molecule has 0 saturated heterocycles. The third kappa shape index (κ3) is 7.42. The van der Waals surface area contributed by atoms with Crippen molar-refractivity contribution in [1.29, 1.82) is 0 Å². The molecule has 0 rings (SSSR count). The first-order valence-electron chi connectivity index (χ1n) is 3.69. The summed E-state index contributed by atoms with van der Waals surface area (Å²) in [5, 5.41) is 9.24. The number of hydrogen-bond acceptors (Lipinski definition) is 2. The van der Waals surface area contributed by atoms with Gasteiger partial charge in [-0.25, -0.2) is 0 Å². The van der Waals surface area contributed by atoms with Gasteiger partial charge in [-0.2, -0.15) is 0 Å². The van der Waals surface area contributed by atoms with Crippen molar-refractivity contribution < 1.29 is 5.11 Å². The van der Waals surface area contributed by atoms with Crippen molar-refractivity contribution in [1.82, 2.24) is 4.90 Å². The summed E-state index contributed by atoms with van der Waals surface area (Å²) in [4.78, 5) is 1.91. The van der Waals surface area contributed by atoms with Crippen molar-refractivity contribution in [2.24, 2.45) is 0 Å². The van der Waals surface area contributed by atoms with Crippen LogP contribution in [0.3, 0.4) is 0 Å². The van der Waals surface area contributed by atoms with E-state index in [1.54, 1.807) is 0 Å². The zero-order valence-electron chi connectivity index (χ0n) is 7.52. The molecule has 0 radical (unpaired) electrons. The zero-order chi connectivity index (χ0) is 10.5. The van der Waals surface area contributed by atoms with Crippen molar-refractivity contribution in [3.05, 3.63) is 0 Å². The van der Waals surface area contributed by atoms with Crippen LogP contribution in [0.25, 0.3) is 0 Å². The second kappa shape index (κ2) is 5.95. The fourth-order valence-electron chi connectivity index (χ4n) is 0.499. The van der Waals surface area contributed by atoms with Gasteiger partial charge in [0.2, 0.25) is 3.79 Å². The molecule has 0 fully saturated rings. The molecule has 0 aliphatic carbocycles. The average molecular weight is 245 g/mol. The standard InChI is InChI=1S/C8H12Cl3NO/c1-12(2)6-4-3-5-7(13)8(9,10)11/h7,13H,5-6H2,1-2H3/t7-/m1/s1. The van der Waals surface area contributed by atoms with Crippen molar-refractivity contribution in [2.45, 2.75) is 16.3 Å². The van der Waals surface area contributed by atoms with Gasteiger partial charge < -0.3 is 5.11 Å². The van der Waals surface area contributed by atoms with Crippen molar-refractivity contribution in [3.63, 3.8) is 0 Å². The second-order valence-corrected chi connectivity index (χ2v) is 5.22. The molecule has 0 spiro atoms. The van der Waals surface area contributed by atoms with Crippen LogP contribution in [0.5, 0.6) is 0 Å². The van der Waals surface area contributed by atoms with Gasteiger partial charge >= 0.3 is 0 Å². The van der Waals surface area contributed by atoms with E-state index >= 15 is 0 Å². The van der Waals surface area contributed by atoms with Crippen molar-refractivity contribution >= 4 is 34.8 Å². The highest BCUT2D eigenvalue weighted by atomic mass is 35.6. The number of rotatable bonds is 2. The summed E-state index contributed by atoms with van der Waals surface area (Å²) in [6.45, 7) is 0.632. The lowest BCUT2D eigenvalue weighted by Crippen LogP contribution is -2.24. The number of aliphatic hydroxyl groups is 1. The largest absolute Gasteiger partial charge is 0.388 e. The Morgan fingerprint density at radius 3 is 2.23 bits per heavy atom. The Morgan fingerprint density at radius 2 is 1.85 bits per heavy atom. The Morgan fingerprint density at radius 1 is 1.31 bits per heavy atom. The summed E-state index contributed by atoms with van der Waals surface area (Å²) >= 11 is 16.3. The molecule has 1 atom stereocenters. The monoisotopic (exact) mass is 243 g/mol. The Bertz CT molecular complexity index is 202. The minimum absolute atomic E-state index is 0.171. The van der Waals surface area contributed by atoms with E-state index in [4.69, 9.17) is 34.8 Å². The minimum Gasteiger partial charge on any atom is -0.388 e. The first kappa shape index (κ1) is 13.4. The topological polar surface area (TPSA) is 23.5 Å². The highest BCUT2D eigenvalue weighted by Crippen LogP contribution is 2.31. The molecule has 2 nitrogen and oxygen atoms in total. The van der Waals surface area contributed by atoms with Gasteiger partial charge in [0.1, 0.15) is 6.10 Å². The van der Waals surface area contributed by atoms with Crippen LogP contribution in [0.2, 0.25) is 0 Å². The number of alkyl halides is 3. The molecule has 1 N–H and O–H groups in total. The lowest BCUT2D eigenvalue weighted by Gasteiger charge is -2.15. The molecule has 5 heteroatoms. The second-order valence-electron chi connectivity index (χ2n) is 2.85. The summed E-state index contributed by atoms with van der Waals surface area (Å²) in [7, 11) is 3.81. The maximum absolute atomic E-state index is 9.24. The quantitative estimate of drug-likeness (QED) is 0.590. The Kier molecular flexibility index (Phi) is 6.11. The Labute approximate surface area is 93.8 Å². The van der Waals surface area contributed by atoms with E-state index in [1.165, 1.54) is 0 Å². The molecule has 0 amide bonds. The zero-order valence-corrected chi connectivity index (χ0v) is 9.79. The number of aliphatic hydroxyl groups excluding tert-OH is 1. The normalized spacial score (nSPS) is 13.8. The van der Waals surface area contributed by atoms with Gasteiger partial charge in [0, 0.05) is 6.42 Å². The van der Waals surface area contributed by atoms with E-state index in [9.17, 15) is 5.11 Å². The molecular formula is C8H12Cl3NO. The SMILES string of the molecule is CN(C)CC#CC[C@@H](O)C(Cl)(Cl)Cl. The van der Waals surface area contributed by atoms with Gasteiger partial charge in [0.05, 0.1) is 6.54 Å². The van der Waals surface area contributed by atoms with Crippen molar-refractivity contribution in [3.8, 4) is 11.8 Å². The molecule has 76 valence electrons. The molecule has 0 aromatic carbocycles. The van der Waals surface area contributed by atoms with Gasteiger partial charge in [-0.05, 0) is 14.1 Å². The summed E-state index contributed by atoms with van der Waals surface area (Å²) in [5.41, 5.74) is 0. The molecule has 0 heterocycles. The summed E-state index contributed by atoms with van der Waals surface area (Å²) < 4.78 is -1.65. The molecule has 0 bridgehead atoms. The Balaban J connectivity index is 3.80. The lowest BCUT2D eigenvalue weighted by molar-refractivity contribution is 0.184. The van der Waals surface area contributed by atoms with Crippen LogP contribution >= 0.6 is 34.8 Å². The first-order valence-corrected chi connectivity index (χ1v) is 4.82. The molecule has 0 unspecified atom stereocenters. The lowest BCUT2D eigenvalue weighted by atomic mass is 10.3. The maximum atomic E-state index is 9.24. The average Bonchev–Trinajstić information content (AvgIpc) is 1.95. The molecule has 13 heavy (non-hydrogen) atoms. The van der Waals surface area contributed by atoms with Gasteiger partial charge in [0.15, 0.2) is 0 Å². The summed E-state index contributed by atoms with van der Waals surface area (Å²) in [6.07, 6.45) is -0.864. The van der Waals surface area contributed by atoms with Gasteiger partial charge in [0.25, 0.3) is 0 Å². The molecule has 0 aromatic rings. The van der Waals surface area contributed by atoms with E-state index in [2.05, 4.69) is 11.8 Å². The third-order valence-electron chi connectivity index (χ3n) is 1.19. The minimum atomic E-state index is -1.65. The van der Waals surface area contributed by atoms with Crippen LogP contribution < -0.4 is 0 Å². The number of halogens is 3. The highest BCUT2D eigenvalue weighted by molar-refractivity contribution is 6.68. The Hall–Kier alpha value is 0.350. The predicted molar refractivity (Wildman–Crippen MR) is 57.2 cm³/mol. The summed E-state index contributed by atoms with van der Waals surface area (Å²) in [5.74, 6) is 5.56. The van der Waals surface area contributed by atoms with E-state index in [0.717, 1.165) is 0 Å². The fourth-order valence-corrected chi connectivity index (χ4v) is 0.730. The van der Waals surface area contributed by atoms with E-state index < -0.39 is 9.90 Å². The van der Waals surface area contributed by atoms with E-state index in [1.807, 2.05) is 19.0 Å². The number of nitrogens with zero attached hydrogens (tertiary/aromatic N) is 1. The predicted octanol–water partition coefficient (Wildman–Crippen LogP) is 1.67. The van der Waals surface area contributed by atoms with E-state index in [-0.39, 0.29) is 6.42 Å². The highest BCUT2D eigenvalue weighted by Gasteiger charge is 2.29. The smallest absolute Gasteiger partial charge is 0.216 e. The molecular weight excluding hydrogens is 232 g/mol. The van der Waals surface area contributed by atoms with E-state index in [0.29, 0.717) is 6.54 Å². The molecule has 0 aliphatic rings. The van der Waals surface area contributed by atoms with Crippen LogP contribution in [0, 0.1) is 11.8 Å². The van der Waals surface area contributed by atoms with Gasteiger partial charge in [-0.15, -0.1) is 0 Å². The van der Waals surface area contributed by atoms with Crippen LogP contribution in [0.15, 0.2) is 0 Å². The van der Waals surface area contributed by atoms with Gasteiger partial charge in [-0.1, -0.05) is 46.6 Å².